The summed E-state index contributed by atoms with van der Waals surface area (Å²) >= 11 is 0. The monoisotopic (exact) mass is 304 g/mol. The van der Waals surface area contributed by atoms with Crippen LogP contribution in [0.25, 0.3) is 0 Å². The van der Waals surface area contributed by atoms with Gasteiger partial charge in [-0.2, -0.15) is 4.98 Å². The summed E-state index contributed by atoms with van der Waals surface area (Å²) in [5.41, 5.74) is 0. The SMILES string of the molecule is Cc1nccc(OC2CCN(C(=O)C3CCC(=O)N3)CC2)n1. The molecule has 3 heterocycles. The van der Waals surface area contributed by atoms with E-state index in [0.29, 0.717) is 37.6 Å². The van der Waals surface area contributed by atoms with E-state index in [1.165, 1.54) is 0 Å². The van der Waals surface area contributed by atoms with Crippen LogP contribution in [0.5, 0.6) is 5.88 Å². The van der Waals surface area contributed by atoms with E-state index in [9.17, 15) is 9.59 Å². The second kappa shape index (κ2) is 6.29. The molecule has 0 radical (unpaired) electrons. The first-order valence-electron chi connectivity index (χ1n) is 7.66. The van der Waals surface area contributed by atoms with Gasteiger partial charge in [0.1, 0.15) is 18.0 Å². The minimum atomic E-state index is -0.338. The summed E-state index contributed by atoms with van der Waals surface area (Å²) in [6, 6.07) is 1.41. The van der Waals surface area contributed by atoms with Gasteiger partial charge in [-0.1, -0.05) is 0 Å². The van der Waals surface area contributed by atoms with Crippen LogP contribution >= 0.6 is 0 Å². The minimum absolute atomic E-state index is 0.0298. The van der Waals surface area contributed by atoms with Crippen molar-refractivity contribution >= 4 is 11.8 Å². The molecule has 7 heteroatoms. The maximum atomic E-state index is 12.3. The Bertz CT molecular complexity index is 570. The first-order valence-corrected chi connectivity index (χ1v) is 7.66. The molecule has 3 rings (SSSR count). The van der Waals surface area contributed by atoms with E-state index in [1.807, 2.05) is 11.8 Å². The minimum Gasteiger partial charge on any atom is -0.474 e. The molecule has 2 amide bonds. The molecule has 0 bridgehead atoms. The van der Waals surface area contributed by atoms with Crippen LogP contribution in [0.4, 0.5) is 0 Å². The maximum Gasteiger partial charge on any atom is 0.245 e. The van der Waals surface area contributed by atoms with E-state index in [2.05, 4.69) is 15.3 Å². The molecule has 2 aliphatic rings. The molecule has 2 aliphatic heterocycles. The molecule has 0 aromatic carbocycles. The second-order valence-corrected chi connectivity index (χ2v) is 5.74. The summed E-state index contributed by atoms with van der Waals surface area (Å²) in [5.74, 6) is 1.26. The van der Waals surface area contributed by atoms with E-state index in [1.54, 1.807) is 12.3 Å². The summed E-state index contributed by atoms with van der Waals surface area (Å²) in [7, 11) is 0. The highest BCUT2D eigenvalue weighted by molar-refractivity contribution is 5.90. The van der Waals surface area contributed by atoms with Gasteiger partial charge >= 0.3 is 0 Å². The number of aromatic nitrogens is 2. The molecule has 0 spiro atoms. The predicted molar refractivity (Wildman–Crippen MR) is 78.2 cm³/mol. The number of nitrogens with one attached hydrogen (secondary N) is 1. The van der Waals surface area contributed by atoms with Crippen molar-refractivity contribution in [1.29, 1.82) is 0 Å². The lowest BCUT2D eigenvalue weighted by Gasteiger charge is -2.33. The first-order chi connectivity index (χ1) is 10.6. The Kier molecular flexibility index (Phi) is 4.22. The highest BCUT2D eigenvalue weighted by Gasteiger charge is 2.33. The number of ether oxygens (including phenoxy) is 1. The molecule has 0 aliphatic carbocycles. The fraction of sp³-hybridized carbons (Fsp3) is 0.600. The summed E-state index contributed by atoms with van der Waals surface area (Å²) in [6.45, 7) is 3.13. The number of carbonyl (C=O) groups excluding carboxylic acids is 2. The van der Waals surface area contributed by atoms with Crippen LogP contribution in [0.2, 0.25) is 0 Å². The second-order valence-electron chi connectivity index (χ2n) is 5.74. The van der Waals surface area contributed by atoms with E-state index >= 15 is 0 Å². The summed E-state index contributed by atoms with van der Waals surface area (Å²) in [4.78, 5) is 33.6. The van der Waals surface area contributed by atoms with Crippen molar-refractivity contribution in [2.24, 2.45) is 0 Å². The normalized spacial score (nSPS) is 22.5. The number of aryl methyl sites for hydroxylation is 1. The number of carbonyl (C=O) groups is 2. The number of piperidine rings is 1. The van der Waals surface area contributed by atoms with Crippen molar-refractivity contribution in [2.75, 3.05) is 13.1 Å². The Hall–Kier alpha value is -2.18. The average molecular weight is 304 g/mol. The van der Waals surface area contributed by atoms with Crippen LogP contribution in [0.1, 0.15) is 31.5 Å². The van der Waals surface area contributed by atoms with E-state index in [4.69, 9.17) is 4.74 Å². The van der Waals surface area contributed by atoms with E-state index < -0.39 is 0 Å². The molecule has 2 saturated heterocycles. The van der Waals surface area contributed by atoms with Crippen molar-refractivity contribution < 1.29 is 14.3 Å². The highest BCUT2D eigenvalue weighted by Crippen LogP contribution is 2.19. The number of amides is 2. The van der Waals surface area contributed by atoms with Gasteiger partial charge in [0, 0.05) is 44.6 Å². The van der Waals surface area contributed by atoms with Crippen LogP contribution in [0.15, 0.2) is 12.3 Å². The van der Waals surface area contributed by atoms with Crippen LogP contribution in [0.3, 0.4) is 0 Å². The molecule has 2 fully saturated rings. The molecule has 22 heavy (non-hydrogen) atoms. The zero-order valence-corrected chi connectivity index (χ0v) is 12.6. The third-order valence-electron chi connectivity index (χ3n) is 4.08. The van der Waals surface area contributed by atoms with Crippen molar-refractivity contribution in [3.8, 4) is 5.88 Å². The van der Waals surface area contributed by atoms with Gasteiger partial charge in [-0.25, -0.2) is 4.98 Å². The fourth-order valence-electron chi connectivity index (χ4n) is 2.88. The van der Waals surface area contributed by atoms with E-state index in [0.717, 1.165) is 12.8 Å². The molecular weight excluding hydrogens is 284 g/mol. The lowest BCUT2D eigenvalue weighted by Crippen LogP contribution is -2.49. The number of likely N-dealkylation sites (tertiary alicyclic amines) is 1. The van der Waals surface area contributed by atoms with Gasteiger partial charge in [0.25, 0.3) is 0 Å². The fourth-order valence-corrected chi connectivity index (χ4v) is 2.88. The molecular formula is C15H20N4O3. The quantitative estimate of drug-likeness (QED) is 0.875. The Morgan fingerprint density at radius 3 is 2.77 bits per heavy atom. The van der Waals surface area contributed by atoms with Gasteiger partial charge in [0.05, 0.1) is 0 Å². The molecule has 7 nitrogen and oxygen atoms in total. The Balaban J connectivity index is 1.50. The van der Waals surface area contributed by atoms with E-state index in [-0.39, 0.29) is 24.0 Å². The smallest absolute Gasteiger partial charge is 0.245 e. The van der Waals surface area contributed by atoms with Gasteiger partial charge in [-0.3, -0.25) is 9.59 Å². The molecule has 1 N–H and O–H groups in total. The molecule has 0 saturated carbocycles. The van der Waals surface area contributed by atoms with Crippen molar-refractivity contribution in [3.05, 3.63) is 18.1 Å². The Labute approximate surface area is 129 Å². The van der Waals surface area contributed by atoms with Crippen molar-refractivity contribution in [2.45, 2.75) is 44.8 Å². The standard InChI is InChI=1S/C15H20N4O3/c1-10-16-7-4-14(17-10)22-11-5-8-19(9-6-11)15(21)12-2-3-13(20)18-12/h4,7,11-12H,2-3,5-6,8-9H2,1H3,(H,18,20). The number of hydrogen-bond acceptors (Lipinski definition) is 5. The Morgan fingerprint density at radius 2 is 2.14 bits per heavy atom. The number of hydrogen-bond donors (Lipinski definition) is 1. The largest absolute Gasteiger partial charge is 0.474 e. The molecule has 1 aromatic rings. The van der Waals surface area contributed by atoms with Crippen molar-refractivity contribution in [3.63, 3.8) is 0 Å². The summed E-state index contributed by atoms with van der Waals surface area (Å²) in [5, 5.41) is 2.73. The van der Waals surface area contributed by atoms with Gasteiger partial charge in [0.2, 0.25) is 17.7 Å². The molecule has 1 atom stereocenters. The van der Waals surface area contributed by atoms with Gasteiger partial charge in [0.15, 0.2) is 0 Å². The zero-order chi connectivity index (χ0) is 15.5. The number of nitrogens with zero attached hydrogens (tertiary/aromatic N) is 3. The zero-order valence-electron chi connectivity index (χ0n) is 12.6. The topological polar surface area (TPSA) is 84.4 Å². The molecule has 1 aromatic heterocycles. The van der Waals surface area contributed by atoms with Crippen LogP contribution in [0, 0.1) is 6.92 Å². The Morgan fingerprint density at radius 1 is 1.36 bits per heavy atom. The lowest BCUT2D eigenvalue weighted by molar-refractivity contribution is -0.136. The van der Waals surface area contributed by atoms with Crippen LogP contribution in [-0.4, -0.2) is 51.9 Å². The third-order valence-corrected chi connectivity index (χ3v) is 4.08. The van der Waals surface area contributed by atoms with Crippen molar-refractivity contribution in [1.82, 2.24) is 20.2 Å². The van der Waals surface area contributed by atoms with Gasteiger partial charge in [-0.15, -0.1) is 0 Å². The summed E-state index contributed by atoms with van der Waals surface area (Å²) in [6.07, 6.45) is 4.35. The molecule has 118 valence electrons. The highest BCUT2D eigenvalue weighted by atomic mass is 16.5. The average Bonchev–Trinajstić information content (AvgIpc) is 2.94. The summed E-state index contributed by atoms with van der Waals surface area (Å²) < 4.78 is 5.85. The van der Waals surface area contributed by atoms with Crippen LogP contribution < -0.4 is 10.1 Å². The maximum absolute atomic E-state index is 12.3. The van der Waals surface area contributed by atoms with Crippen LogP contribution in [-0.2, 0) is 9.59 Å². The van der Waals surface area contributed by atoms with Gasteiger partial charge < -0.3 is 15.0 Å². The first kappa shape index (κ1) is 14.7. The predicted octanol–water partition coefficient (Wildman–Crippen LogP) is 0.433. The molecule has 1 unspecified atom stereocenters. The number of rotatable bonds is 3. The lowest BCUT2D eigenvalue weighted by atomic mass is 10.1. The third kappa shape index (κ3) is 3.35. The van der Waals surface area contributed by atoms with Gasteiger partial charge in [-0.05, 0) is 13.3 Å².